The molecule has 0 rings (SSSR count). The summed E-state index contributed by atoms with van der Waals surface area (Å²) in [6.07, 6.45) is 0. The van der Waals surface area contributed by atoms with E-state index in [1.807, 2.05) is 0 Å². The second kappa shape index (κ2) is 53.5. The van der Waals surface area contributed by atoms with Crippen LogP contribution in [0, 0.1) is 0 Å². The van der Waals surface area contributed by atoms with Crippen molar-refractivity contribution in [2.24, 2.45) is 0 Å². The third-order valence-electron chi connectivity index (χ3n) is 0. The zero-order valence-corrected chi connectivity index (χ0v) is 9.84. The summed E-state index contributed by atoms with van der Waals surface area (Å²) in [5, 5.41) is 0. The van der Waals surface area contributed by atoms with Gasteiger partial charge in [-0.3, -0.25) is 0 Å². The number of hydrogen-bond donors (Lipinski definition) is 0. The Morgan fingerprint density at radius 2 is 0.500 bits per heavy atom. The van der Waals surface area contributed by atoms with Crippen LogP contribution >= 0.6 is 0 Å². The van der Waals surface area contributed by atoms with Crippen LogP contribution in [0.3, 0.4) is 0 Å². The van der Waals surface area contributed by atoms with E-state index in [0.717, 1.165) is 0 Å². The van der Waals surface area contributed by atoms with Crippen molar-refractivity contribution in [3.05, 3.63) is 0 Å². The van der Waals surface area contributed by atoms with Crippen molar-refractivity contribution in [1.82, 2.24) is 0 Å². The molecule has 0 heterocycles. The van der Waals surface area contributed by atoms with Crippen LogP contribution < -0.4 is 51.4 Å². The average Bonchev–Trinajstić information content (AvgIpc) is 0. The first kappa shape index (κ1) is 81.3. The zero-order chi connectivity index (χ0) is 0. The molecule has 0 saturated carbocycles. The van der Waals surface area contributed by atoms with E-state index in [1.54, 1.807) is 0 Å². The molecule has 0 aromatic rings. The zero-order valence-electron chi connectivity index (χ0n) is 3.24. The Morgan fingerprint density at radius 1 is 0.500 bits per heavy atom. The molecule has 0 aromatic carbocycles. The van der Waals surface area contributed by atoms with Gasteiger partial charge in [0.05, 0.1) is 0 Å². The molecule has 0 spiro atoms. The van der Waals surface area contributed by atoms with Gasteiger partial charge in [-0.05, 0) is 0 Å². The van der Waals surface area contributed by atoms with Crippen LogP contribution in [0.2, 0.25) is 0 Å². The minimum absolute atomic E-state index is 0. The minimum Gasteiger partial charge on any atom is -0.870 e. The minimum atomic E-state index is 0. The first-order valence-corrected chi connectivity index (χ1v) is 0. The SMILES string of the molecule is [Bi+3].[K+].[OH-].[OH-].[OH-].[OH-]. The molecule has 0 bridgehead atoms. The van der Waals surface area contributed by atoms with Gasteiger partial charge in [0.25, 0.3) is 0 Å². The summed E-state index contributed by atoms with van der Waals surface area (Å²) in [4.78, 5) is 0. The van der Waals surface area contributed by atoms with Crippen molar-refractivity contribution in [3.63, 3.8) is 0 Å². The smallest absolute Gasteiger partial charge is 0.870 e. The van der Waals surface area contributed by atoms with Gasteiger partial charge >= 0.3 is 77.6 Å². The van der Waals surface area contributed by atoms with E-state index >= 15 is 0 Å². The Morgan fingerprint density at radius 3 is 0.500 bits per heavy atom. The molecule has 6 heavy (non-hydrogen) atoms. The maximum atomic E-state index is 0. The van der Waals surface area contributed by atoms with Gasteiger partial charge in [0.15, 0.2) is 0 Å². The number of rotatable bonds is 0. The second-order valence-corrected chi connectivity index (χ2v) is 0. The molecule has 34 valence electrons. The molecule has 0 unspecified atom stereocenters. The summed E-state index contributed by atoms with van der Waals surface area (Å²) in [7, 11) is 0. The topological polar surface area (TPSA) is 120 Å². The Labute approximate surface area is 97.5 Å². The molecule has 2 radical (unpaired) electrons. The first-order valence-electron chi connectivity index (χ1n) is 0. The normalized spacial score (nSPS) is 0. The molecular formula is H4BiKO4. The van der Waals surface area contributed by atoms with Crippen molar-refractivity contribution >= 4 is 26.2 Å². The van der Waals surface area contributed by atoms with E-state index in [0.29, 0.717) is 0 Å². The molecule has 0 amide bonds. The van der Waals surface area contributed by atoms with Crippen molar-refractivity contribution < 1.29 is 73.3 Å². The Kier molecular flexibility index (Phi) is 725. The fourth-order valence-electron chi connectivity index (χ4n) is 0. The quantitative estimate of drug-likeness (QED) is 0.422. The van der Waals surface area contributed by atoms with Crippen molar-refractivity contribution in [2.75, 3.05) is 0 Å². The molecule has 0 aliphatic rings. The third kappa shape index (κ3) is 32.8. The molecule has 0 aromatic heterocycles. The van der Waals surface area contributed by atoms with Crippen molar-refractivity contribution in [2.45, 2.75) is 0 Å². The summed E-state index contributed by atoms with van der Waals surface area (Å²) in [6, 6.07) is 0. The van der Waals surface area contributed by atoms with E-state index in [-0.39, 0.29) is 99.5 Å². The van der Waals surface area contributed by atoms with Crippen molar-refractivity contribution in [1.29, 1.82) is 0 Å². The van der Waals surface area contributed by atoms with Crippen LogP contribution in [0.5, 0.6) is 0 Å². The Bertz CT molecular complexity index is 7.51. The van der Waals surface area contributed by atoms with Gasteiger partial charge in [0.1, 0.15) is 0 Å². The predicted molar refractivity (Wildman–Crippen MR) is 13.5 cm³/mol. The standard InChI is InChI=1S/Bi.K.4H2O/h;;4*1H2/q+3;+1;;;;/p-4. The summed E-state index contributed by atoms with van der Waals surface area (Å²) >= 11 is 0. The fraction of sp³-hybridized carbons (Fsp3) is 0. The van der Waals surface area contributed by atoms with Crippen LogP contribution in [0.15, 0.2) is 0 Å². The summed E-state index contributed by atoms with van der Waals surface area (Å²) in [6.45, 7) is 0. The van der Waals surface area contributed by atoms with E-state index in [4.69, 9.17) is 0 Å². The largest absolute Gasteiger partial charge is 3.00 e. The van der Waals surface area contributed by atoms with Crippen LogP contribution in [0.1, 0.15) is 0 Å². The van der Waals surface area contributed by atoms with Crippen LogP contribution in [-0.2, 0) is 0 Å². The van der Waals surface area contributed by atoms with Gasteiger partial charge in [-0.25, -0.2) is 0 Å². The molecule has 0 aliphatic heterocycles. The van der Waals surface area contributed by atoms with Crippen molar-refractivity contribution in [3.8, 4) is 0 Å². The van der Waals surface area contributed by atoms with Gasteiger partial charge in [-0.2, -0.15) is 0 Å². The van der Waals surface area contributed by atoms with E-state index in [1.165, 1.54) is 0 Å². The van der Waals surface area contributed by atoms with Gasteiger partial charge in [0, 0.05) is 0 Å². The Balaban J connectivity index is 0. The van der Waals surface area contributed by atoms with Gasteiger partial charge in [-0.15, -0.1) is 0 Å². The maximum absolute atomic E-state index is 0. The Hall–Kier alpha value is 2.36. The molecule has 0 atom stereocenters. The summed E-state index contributed by atoms with van der Waals surface area (Å²) < 4.78 is 0. The van der Waals surface area contributed by atoms with Gasteiger partial charge < -0.3 is 21.9 Å². The molecule has 4 nitrogen and oxygen atoms in total. The van der Waals surface area contributed by atoms with E-state index in [9.17, 15) is 0 Å². The molecule has 0 saturated heterocycles. The summed E-state index contributed by atoms with van der Waals surface area (Å²) in [5.41, 5.74) is 0. The third-order valence-corrected chi connectivity index (χ3v) is 0. The summed E-state index contributed by atoms with van der Waals surface area (Å²) in [5.74, 6) is 0. The molecular weight excluding hydrogens is 312 g/mol. The second-order valence-electron chi connectivity index (χ2n) is 0. The predicted octanol–water partition coefficient (Wildman–Crippen LogP) is -4.08. The van der Waals surface area contributed by atoms with Crippen LogP contribution in [0.25, 0.3) is 0 Å². The average molecular weight is 316 g/mol. The van der Waals surface area contributed by atoms with Crippen LogP contribution in [0.4, 0.5) is 0 Å². The molecule has 4 N–H and O–H groups in total. The monoisotopic (exact) mass is 316 g/mol. The van der Waals surface area contributed by atoms with Crippen LogP contribution in [-0.4, -0.2) is 48.1 Å². The molecule has 0 aliphatic carbocycles. The molecule has 0 fully saturated rings. The fourth-order valence-corrected chi connectivity index (χ4v) is 0. The maximum Gasteiger partial charge on any atom is 3.00 e. The number of hydrogen-bond acceptors (Lipinski definition) is 4. The van der Waals surface area contributed by atoms with Gasteiger partial charge in [-0.1, -0.05) is 0 Å². The first-order chi connectivity index (χ1) is 0. The van der Waals surface area contributed by atoms with E-state index in [2.05, 4.69) is 0 Å². The van der Waals surface area contributed by atoms with E-state index < -0.39 is 0 Å². The molecule has 6 heteroatoms. The van der Waals surface area contributed by atoms with Gasteiger partial charge in [0.2, 0.25) is 0 Å².